The number of rotatable bonds is 2. The molecule has 0 unspecified atom stereocenters. The van der Waals surface area contributed by atoms with Crippen molar-refractivity contribution >= 4 is 22.4 Å². The molecule has 1 aliphatic heterocycles. The Balaban J connectivity index is 2.13. The Labute approximate surface area is 105 Å². The first kappa shape index (κ1) is 11.7. The molecule has 17 heavy (non-hydrogen) atoms. The van der Waals surface area contributed by atoms with Crippen LogP contribution in [0.15, 0.2) is 17.7 Å². The Bertz CT molecular complexity index is 479. The van der Waals surface area contributed by atoms with Crippen molar-refractivity contribution in [2.24, 2.45) is 0 Å². The fourth-order valence-electron chi connectivity index (χ4n) is 1.94. The van der Waals surface area contributed by atoms with Gasteiger partial charge in [0.2, 0.25) is 0 Å². The van der Waals surface area contributed by atoms with Crippen LogP contribution in [-0.4, -0.2) is 13.1 Å². The van der Waals surface area contributed by atoms with E-state index in [9.17, 15) is 0 Å². The maximum Gasteiger partial charge on any atom is 0.131 e. The Morgan fingerprint density at radius 2 is 1.88 bits per heavy atom. The highest BCUT2D eigenvalue weighted by Gasteiger charge is 2.12. The van der Waals surface area contributed by atoms with Crippen LogP contribution in [0.2, 0.25) is 0 Å². The molecule has 1 saturated heterocycles. The van der Waals surface area contributed by atoms with Gasteiger partial charge in [-0.15, -0.1) is 11.3 Å². The Hall–Kier alpha value is -1.78. The van der Waals surface area contributed by atoms with E-state index < -0.39 is 0 Å². The van der Waals surface area contributed by atoms with Crippen molar-refractivity contribution < 1.29 is 0 Å². The molecule has 1 fully saturated rings. The van der Waals surface area contributed by atoms with Crippen molar-refractivity contribution in [1.29, 1.82) is 10.5 Å². The van der Waals surface area contributed by atoms with Gasteiger partial charge in [0, 0.05) is 18.0 Å². The maximum absolute atomic E-state index is 8.70. The molecule has 0 aliphatic carbocycles. The van der Waals surface area contributed by atoms with Gasteiger partial charge in [-0.25, -0.2) is 0 Å². The molecule has 0 amide bonds. The van der Waals surface area contributed by atoms with Gasteiger partial charge in [0.25, 0.3) is 0 Å². The Kier molecular flexibility index (Phi) is 3.80. The van der Waals surface area contributed by atoms with Gasteiger partial charge in [-0.3, -0.25) is 0 Å². The number of piperidine rings is 1. The standard InChI is InChI=1S/C13H13N3S/c14-9-11(10-15)8-12-4-5-13(17-12)16-6-2-1-3-7-16/h4-5,8H,1-3,6-7H2. The number of thiophene rings is 1. The molecule has 0 saturated carbocycles. The smallest absolute Gasteiger partial charge is 0.131 e. The topological polar surface area (TPSA) is 50.8 Å². The zero-order valence-corrected chi connectivity index (χ0v) is 10.3. The third-order valence-electron chi connectivity index (χ3n) is 2.81. The van der Waals surface area contributed by atoms with Gasteiger partial charge in [-0.2, -0.15) is 10.5 Å². The molecule has 1 aliphatic rings. The molecular weight excluding hydrogens is 230 g/mol. The predicted molar refractivity (Wildman–Crippen MR) is 69.6 cm³/mol. The van der Waals surface area contributed by atoms with E-state index in [-0.39, 0.29) is 5.57 Å². The highest BCUT2D eigenvalue weighted by Crippen LogP contribution is 2.29. The first-order chi connectivity index (χ1) is 8.33. The Morgan fingerprint density at radius 1 is 1.18 bits per heavy atom. The third kappa shape index (κ3) is 2.87. The van der Waals surface area contributed by atoms with Crippen LogP contribution in [0, 0.1) is 22.7 Å². The van der Waals surface area contributed by atoms with Crippen LogP contribution in [0.5, 0.6) is 0 Å². The molecule has 2 heterocycles. The fourth-order valence-corrected chi connectivity index (χ4v) is 2.94. The van der Waals surface area contributed by atoms with Crippen molar-refractivity contribution in [2.75, 3.05) is 18.0 Å². The SMILES string of the molecule is N#CC(C#N)=Cc1ccc(N2CCCCC2)s1. The minimum Gasteiger partial charge on any atom is -0.363 e. The summed E-state index contributed by atoms with van der Waals surface area (Å²) in [4.78, 5) is 3.35. The van der Waals surface area contributed by atoms with Crippen LogP contribution in [0.25, 0.3) is 6.08 Å². The lowest BCUT2D eigenvalue weighted by Gasteiger charge is -2.27. The quantitative estimate of drug-likeness (QED) is 0.750. The molecule has 2 rings (SSSR count). The number of nitriles is 2. The molecule has 3 nitrogen and oxygen atoms in total. The summed E-state index contributed by atoms with van der Waals surface area (Å²) in [6, 6.07) is 7.82. The monoisotopic (exact) mass is 243 g/mol. The third-order valence-corrected chi connectivity index (χ3v) is 3.90. The van der Waals surface area contributed by atoms with Crippen LogP contribution >= 0.6 is 11.3 Å². The van der Waals surface area contributed by atoms with Crippen molar-refractivity contribution in [2.45, 2.75) is 19.3 Å². The summed E-state index contributed by atoms with van der Waals surface area (Å²) < 4.78 is 0. The second kappa shape index (κ2) is 5.52. The summed E-state index contributed by atoms with van der Waals surface area (Å²) in [5.74, 6) is 0. The van der Waals surface area contributed by atoms with E-state index in [2.05, 4.69) is 11.0 Å². The lowest BCUT2D eigenvalue weighted by atomic mass is 10.1. The molecule has 86 valence electrons. The van der Waals surface area contributed by atoms with Crippen LogP contribution < -0.4 is 4.90 Å². The van der Waals surface area contributed by atoms with E-state index >= 15 is 0 Å². The number of nitrogens with zero attached hydrogens (tertiary/aromatic N) is 3. The molecule has 1 aromatic rings. The first-order valence-electron chi connectivity index (χ1n) is 5.70. The van der Waals surface area contributed by atoms with Gasteiger partial charge in [0.15, 0.2) is 0 Å². The summed E-state index contributed by atoms with van der Waals surface area (Å²) in [5.41, 5.74) is 0.164. The summed E-state index contributed by atoms with van der Waals surface area (Å²) in [6.07, 6.45) is 5.48. The Morgan fingerprint density at radius 3 is 2.53 bits per heavy atom. The molecule has 0 bridgehead atoms. The minimum atomic E-state index is 0.164. The summed E-state index contributed by atoms with van der Waals surface area (Å²) in [7, 11) is 0. The predicted octanol–water partition coefficient (Wildman–Crippen LogP) is 3.17. The molecule has 0 radical (unpaired) electrons. The van der Waals surface area contributed by atoms with Crippen molar-refractivity contribution in [1.82, 2.24) is 0 Å². The summed E-state index contributed by atoms with van der Waals surface area (Å²) in [5, 5.41) is 18.6. The van der Waals surface area contributed by atoms with Crippen molar-refractivity contribution in [3.8, 4) is 12.1 Å². The van der Waals surface area contributed by atoms with Crippen LogP contribution in [0.3, 0.4) is 0 Å². The average molecular weight is 243 g/mol. The summed E-state index contributed by atoms with van der Waals surface area (Å²) in [6.45, 7) is 2.24. The van der Waals surface area contributed by atoms with E-state index in [1.807, 2.05) is 18.2 Å². The van der Waals surface area contributed by atoms with Gasteiger partial charge in [-0.1, -0.05) is 0 Å². The van der Waals surface area contributed by atoms with Crippen molar-refractivity contribution in [3.05, 3.63) is 22.6 Å². The van der Waals surface area contributed by atoms with Gasteiger partial charge in [-0.05, 0) is 37.5 Å². The van der Waals surface area contributed by atoms with Crippen molar-refractivity contribution in [3.63, 3.8) is 0 Å². The van der Waals surface area contributed by atoms with E-state index in [4.69, 9.17) is 10.5 Å². The molecule has 0 atom stereocenters. The van der Waals surface area contributed by atoms with E-state index in [1.54, 1.807) is 17.4 Å². The molecule has 0 N–H and O–H groups in total. The van der Waals surface area contributed by atoms with Gasteiger partial charge in [0.05, 0.1) is 5.00 Å². The maximum atomic E-state index is 8.70. The number of hydrogen-bond acceptors (Lipinski definition) is 4. The molecular formula is C13H13N3S. The number of anilines is 1. The van der Waals surface area contributed by atoms with E-state index in [1.165, 1.54) is 24.3 Å². The summed E-state index contributed by atoms with van der Waals surface area (Å²) >= 11 is 1.65. The fraction of sp³-hybridized carbons (Fsp3) is 0.385. The lowest BCUT2D eigenvalue weighted by Crippen LogP contribution is -2.28. The molecule has 0 aromatic carbocycles. The largest absolute Gasteiger partial charge is 0.363 e. The van der Waals surface area contributed by atoms with E-state index in [0.717, 1.165) is 18.0 Å². The second-order valence-corrected chi connectivity index (χ2v) is 5.10. The minimum absolute atomic E-state index is 0.164. The number of hydrogen-bond donors (Lipinski definition) is 0. The lowest BCUT2D eigenvalue weighted by molar-refractivity contribution is 0.580. The first-order valence-corrected chi connectivity index (χ1v) is 6.52. The zero-order chi connectivity index (χ0) is 12.1. The van der Waals surface area contributed by atoms with Crippen LogP contribution in [0.1, 0.15) is 24.1 Å². The number of allylic oxidation sites excluding steroid dienone is 1. The zero-order valence-electron chi connectivity index (χ0n) is 9.52. The van der Waals surface area contributed by atoms with E-state index in [0.29, 0.717) is 0 Å². The van der Waals surface area contributed by atoms with Crippen LogP contribution in [-0.2, 0) is 0 Å². The average Bonchev–Trinajstić information content (AvgIpc) is 2.85. The van der Waals surface area contributed by atoms with Gasteiger partial charge < -0.3 is 4.90 Å². The van der Waals surface area contributed by atoms with Gasteiger partial charge in [0.1, 0.15) is 17.7 Å². The normalized spacial score (nSPS) is 14.8. The second-order valence-electron chi connectivity index (χ2n) is 4.01. The highest BCUT2D eigenvalue weighted by molar-refractivity contribution is 7.16. The molecule has 4 heteroatoms. The molecule has 1 aromatic heterocycles. The highest BCUT2D eigenvalue weighted by atomic mass is 32.1. The van der Waals surface area contributed by atoms with Crippen LogP contribution in [0.4, 0.5) is 5.00 Å². The van der Waals surface area contributed by atoms with Gasteiger partial charge >= 0.3 is 0 Å². The molecule has 0 spiro atoms.